The summed E-state index contributed by atoms with van der Waals surface area (Å²) in [6.45, 7) is 2.40. The predicted molar refractivity (Wildman–Crippen MR) is 81.0 cm³/mol. The second-order valence-corrected chi connectivity index (χ2v) is 4.45. The molecule has 5 nitrogen and oxygen atoms in total. The molecule has 2 rings (SSSR count). The minimum Gasteiger partial charge on any atom is -0.352 e. The van der Waals surface area contributed by atoms with Crippen LogP contribution in [-0.4, -0.2) is 22.0 Å². The first-order valence-electron chi connectivity index (χ1n) is 6.37. The second kappa shape index (κ2) is 7.75. The number of rotatable bonds is 5. The first-order chi connectivity index (χ1) is 9.61. The fourth-order valence-electron chi connectivity index (χ4n) is 1.91. The topological polar surface area (TPSA) is 72.9 Å². The molecule has 0 radical (unpaired) electrons. The molecule has 7 heteroatoms. The molecule has 0 aliphatic heterocycles. The SMILES string of the molecule is Cc1nccn1-c1ccc(CNC(=O)CCN)cc1F.Cl. The minimum atomic E-state index is -0.350. The minimum absolute atomic E-state index is 0. The lowest BCUT2D eigenvalue weighted by molar-refractivity contribution is -0.121. The monoisotopic (exact) mass is 312 g/mol. The summed E-state index contributed by atoms with van der Waals surface area (Å²) in [7, 11) is 0. The van der Waals surface area contributed by atoms with Crippen LogP contribution in [0.1, 0.15) is 17.8 Å². The summed E-state index contributed by atoms with van der Waals surface area (Å²) in [5.41, 5.74) is 6.43. The summed E-state index contributed by atoms with van der Waals surface area (Å²) < 4.78 is 15.8. The van der Waals surface area contributed by atoms with E-state index >= 15 is 0 Å². The van der Waals surface area contributed by atoms with Gasteiger partial charge < -0.3 is 15.6 Å². The zero-order chi connectivity index (χ0) is 14.5. The molecule has 21 heavy (non-hydrogen) atoms. The maximum atomic E-state index is 14.1. The number of halogens is 2. The number of hydrogen-bond acceptors (Lipinski definition) is 3. The Bertz CT molecular complexity index is 615. The summed E-state index contributed by atoms with van der Waals surface area (Å²) in [6.07, 6.45) is 3.60. The number of nitrogens with zero attached hydrogens (tertiary/aromatic N) is 2. The van der Waals surface area contributed by atoms with E-state index in [-0.39, 0.29) is 30.6 Å². The van der Waals surface area contributed by atoms with E-state index in [0.29, 0.717) is 30.2 Å². The molecule has 0 saturated carbocycles. The van der Waals surface area contributed by atoms with Crippen LogP contribution in [0.5, 0.6) is 0 Å². The van der Waals surface area contributed by atoms with E-state index in [0.717, 1.165) is 0 Å². The van der Waals surface area contributed by atoms with Crippen molar-refractivity contribution in [3.05, 3.63) is 47.8 Å². The Hall–Kier alpha value is -1.92. The summed E-state index contributed by atoms with van der Waals surface area (Å²) in [5, 5.41) is 2.69. The molecule has 0 saturated heterocycles. The van der Waals surface area contributed by atoms with Crippen molar-refractivity contribution >= 4 is 18.3 Å². The predicted octanol–water partition coefficient (Wildman–Crippen LogP) is 1.71. The van der Waals surface area contributed by atoms with Crippen LogP contribution in [0.3, 0.4) is 0 Å². The number of benzene rings is 1. The molecule has 1 aromatic carbocycles. The normalized spacial score (nSPS) is 10.0. The molecular formula is C14H18ClFN4O. The highest BCUT2D eigenvalue weighted by molar-refractivity contribution is 5.85. The van der Waals surface area contributed by atoms with Gasteiger partial charge in [-0.1, -0.05) is 6.07 Å². The molecule has 114 valence electrons. The van der Waals surface area contributed by atoms with Gasteiger partial charge >= 0.3 is 0 Å². The molecule has 0 aliphatic carbocycles. The molecule has 0 atom stereocenters. The molecular weight excluding hydrogens is 295 g/mol. The molecule has 0 spiro atoms. The summed E-state index contributed by atoms with van der Waals surface area (Å²) in [4.78, 5) is 15.4. The van der Waals surface area contributed by atoms with Crippen LogP contribution < -0.4 is 11.1 Å². The second-order valence-electron chi connectivity index (χ2n) is 4.45. The fourth-order valence-corrected chi connectivity index (χ4v) is 1.91. The number of imidazole rings is 1. The van der Waals surface area contributed by atoms with Gasteiger partial charge in [0.25, 0.3) is 0 Å². The zero-order valence-electron chi connectivity index (χ0n) is 11.7. The van der Waals surface area contributed by atoms with E-state index in [1.54, 1.807) is 36.0 Å². The van der Waals surface area contributed by atoms with Crippen molar-refractivity contribution in [2.24, 2.45) is 5.73 Å². The van der Waals surface area contributed by atoms with Gasteiger partial charge in [0.15, 0.2) is 0 Å². The maximum absolute atomic E-state index is 14.1. The number of carbonyl (C=O) groups excluding carboxylic acids is 1. The Morgan fingerprint density at radius 3 is 2.81 bits per heavy atom. The van der Waals surface area contributed by atoms with Gasteiger partial charge in [-0.3, -0.25) is 4.79 Å². The highest BCUT2D eigenvalue weighted by Crippen LogP contribution is 2.16. The van der Waals surface area contributed by atoms with Crippen molar-refractivity contribution in [1.82, 2.24) is 14.9 Å². The van der Waals surface area contributed by atoms with Crippen LogP contribution in [0.4, 0.5) is 4.39 Å². The van der Waals surface area contributed by atoms with E-state index in [9.17, 15) is 9.18 Å². The highest BCUT2D eigenvalue weighted by Gasteiger charge is 2.08. The van der Waals surface area contributed by atoms with Crippen molar-refractivity contribution in [2.45, 2.75) is 19.9 Å². The lowest BCUT2D eigenvalue weighted by atomic mass is 10.2. The first-order valence-corrected chi connectivity index (χ1v) is 6.37. The van der Waals surface area contributed by atoms with E-state index in [2.05, 4.69) is 10.3 Å². The number of amides is 1. The largest absolute Gasteiger partial charge is 0.352 e. The molecule has 0 fully saturated rings. The summed E-state index contributed by atoms with van der Waals surface area (Å²) in [5.74, 6) is 0.229. The van der Waals surface area contributed by atoms with Gasteiger partial charge in [-0.05, 0) is 24.6 Å². The third-order valence-electron chi connectivity index (χ3n) is 2.96. The van der Waals surface area contributed by atoms with Crippen LogP contribution in [0.2, 0.25) is 0 Å². The molecule has 1 heterocycles. The quantitative estimate of drug-likeness (QED) is 0.882. The molecule has 1 aromatic heterocycles. The van der Waals surface area contributed by atoms with Crippen LogP contribution in [0.25, 0.3) is 5.69 Å². The van der Waals surface area contributed by atoms with Gasteiger partial charge in [0.2, 0.25) is 5.91 Å². The molecule has 3 N–H and O–H groups in total. The Morgan fingerprint density at radius 1 is 1.48 bits per heavy atom. The smallest absolute Gasteiger partial charge is 0.221 e. The third kappa shape index (κ3) is 4.27. The standard InChI is InChI=1S/C14H17FN4O.ClH/c1-10-17-6-7-19(10)13-3-2-11(8-12(13)15)9-18-14(20)4-5-16;/h2-3,6-8H,4-5,9,16H2,1H3,(H,18,20);1H. The molecule has 2 aromatic rings. The molecule has 0 unspecified atom stereocenters. The van der Waals surface area contributed by atoms with E-state index in [1.807, 2.05) is 0 Å². The van der Waals surface area contributed by atoms with Gasteiger partial charge in [0.1, 0.15) is 11.6 Å². The average molecular weight is 313 g/mol. The van der Waals surface area contributed by atoms with Gasteiger partial charge in [-0.2, -0.15) is 0 Å². The Kier molecular flexibility index (Phi) is 6.33. The number of nitrogens with two attached hydrogens (primary N) is 1. The Morgan fingerprint density at radius 2 is 2.24 bits per heavy atom. The van der Waals surface area contributed by atoms with Gasteiger partial charge in [-0.15, -0.1) is 12.4 Å². The lowest BCUT2D eigenvalue weighted by Crippen LogP contribution is -2.25. The van der Waals surface area contributed by atoms with E-state index in [1.165, 1.54) is 6.07 Å². The number of aryl methyl sites for hydroxylation is 1. The molecule has 1 amide bonds. The van der Waals surface area contributed by atoms with Crippen molar-refractivity contribution in [2.75, 3.05) is 6.54 Å². The van der Waals surface area contributed by atoms with Crippen LogP contribution in [0, 0.1) is 12.7 Å². The van der Waals surface area contributed by atoms with Crippen molar-refractivity contribution in [3.8, 4) is 5.69 Å². The van der Waals surface area contributed by atoms with E-state index in [4.69, 9.17) is 5.73 Å². The van der Waals surface area contributed by atoms with Crippen LogP contribution in [-0.2, 0) is 11.3 Å². The number of aromatic nitrogens is 2. The van der Waals surface area contributed by atoms with Gasteiger partial charge in [0.05, 0.1) is 5.69 Å². The number of nitrogens with one attached hydrogen (secondary N) is 1. The van der Waals surface area contributed by atoms with Crippen LogP contribution in [0.15, 0.2) is 30.6 Å². The highest BCUT2D eigenvalue weighted by atomic mass is 35.5. The van der Waals surface area contributed by atoms with Crippen molar-refractivity contribution < 1.29 is 9.18 Å². The van der Waals surface area contributed by atoms with Crippen molar-refractivity contribution in [1.29, 1.82) is 0 Å². The molecule has 0 aliphatic rings. The fraction of sp³-hybridized carbons (Fsp3) is 0.286. The molecule has 0 bridgehead atoms. The van der Waals surface area contributed by atoms with Crippen molar-refractivity contribution in [3.63, 3.8) is 0 Å². The average Bonchev–Trinajstić information content (AvgIpc) is 2.83. The number of carbonyl (C=O) groups is 1. The third-order valence-corrected chi connectivity index (χ3v) is 2.96. The summed E-state index contributed by atoms with van der Waals surface area (Å²) >= 11 is 0. The van der Waals surface area contributed by atoms with Crippen LogP contribution >= 0.6 is 12.4 Å². The van der Waals surface area contributed by atoms with E-state index < -0.39 is 0 Å². The lowest BCUT2D eigenvalue weighted by Gasteiger charge is -2.09. The Labute approximate surface area is 128 Å². The number of hydrogen-bond donors (Lipinski definition) is 2. The van der Waals surface area contributed by atoms with Gasteiger partial charge in [0, 0.05) is 31.9 Å². The van der Waals surface area contributed by atoms with Gasteiger partial charge in [-0.25, -0.2) is 9.37 Å². The summed E-state index contributed by atoms with van der Waals surface area (Å²) in [6, 6.07) is 4.87. The zero-order valence-corrected chi connectivity index (χ0v) is 12.5. The Balaban J connectivity index is 0.00000220. The maximum Gasteiger partial charge on any atom is 0.221 e. The first kappa shape index (κ1) is 17.1.